The first-order valence-corrected chi connectivity index (χ1v) is 6.32. The van der Waals surface area contributed by atoms with Crippen molar-refractivity contribution in [1.82, 2.24) is 20.2 Å². The van der Waals surface area contributed by atoms with E-state index in [-0.39, 0.29) is 23.9 Å². The fraction of sp³-hybridized carbons (Fsp3) is 0.583. The van der Waals surface area contributed by atoms with Crippen LogP contribution in [0.2, 0.25) is 0 Å². The third-order valence-corrected chi connectivity index (χ3v) is 3.59. The van der Waals surface area contributed by atoms with Gasteiger partial charge in [0, 0.05) is 37.8 Å². The molecule has 96 valence electrons. The summed E-state index contributed by atoms with van der Waals surface area (Å²) in [5, 5.41) is 5.70. The highest BCUT2D eigenvalue weighted by Gasteiger charge is 2.29. The second-order valence-corrected chi connectivity index (χ2v) is 4.90. The van der Waals surface area contributed by atoms with Gasteiger partial charge in [0.2, 0.25) is 11.8 Å². The van der Waals surface area contributed by atoms with Crippen LogP contribution in [0, 0.1) is 0 Å². The lowest BCUT2D eigenvalue weighted by Crippen LogP contribution is -2.48. The zero-order valence-electron chi connectivity index (χ0n) is 10.1. The molecule has 0 bridgehead atoms. The van der Waals surface area contributed by atoms with Crippen LogP contribution in [-0.4, -0.2) is 33.4 Å². The van der Waals surface area contributed by atoms with Crippen LogP contribution in [0.4, 0.5) is 0 Å². The monoisotopic (exact) mass is 248 g/mol. The van der Waals surface area contributed by atoms with Crippen LogP contribution in [-0.2, 0) is 22.6 Å². The van der Waals surface area contributed by atoms with Gasteiger partial charge < -0.3 is 15.2 Å². The molecule has 3 rings (SSSR count). The SMILES string of the molecule is O=C1CC[C@@H](C(=O)N[C@@H]2CCc3nccn3C2)N1. The molecule has 0 saturated carbocycles. The van der Waals surface area contributed by atoms with Crippen molar-refractivity contribution in [3.63, 3.8) is 0 Å². The van der Waals surface area contributed by atoms with Gasteiger partial charge >= 0.3 is 0 Å². The first-order chi connectivity index (χ1) is 8.72. The summed E-state index contributed by atoms with van der Waals surface area (Å²) in [5.74, 6) is 0.986. The number of carbonyl (C=O) groups excluding carboxylic acids is 2. The van der Waals surface area contributed by atoms with Crippen molar-refractivity contribution in [2.75, 3.05) is 0 Å². The predicted octanol–water partition coefficient (Wildman–Crippen LogP) is -0.407. The Bertz CT molecular complexity index is 482. The maximum Gasteiger partial charge on any atom is 0.242 e. The molecule has 1 aromatic rings. The quantitative estimate of drug-likeness (QED) is 0.747. The Morgan fingerprint density at radius 3 is 3.11 bits per heavy atom. The summed E-state index contributed by atoms with van der Waals surface area (Å²) >= 11 is 0. The molecule has 0 aromatic carbocycles. The van der Waals surface area contributed by atoms with Crippen LogP contribution in [0.3, 0.4) is 0 Å². The number of rotatable bonds is 2. The first kappa shape index (κ1) is 11.3. The molecule has 1 fully saturated rings. The predicted molar refractivity (Wildman–Crippen MR) is 63.6 cm³/mol. The summed E-state index contributed by atoms with van der Waals surface area (Å²) < 4.78 is 2.07. The van der Waals surface area contributed by atoms with Gasteiger partial charge in [-0.1, -0.05) is 0 Å². The van der Waals surface area contributed by atoms with Gasteiger partial charge in [0.05, 0.1) is 0 Å². The van der Waals surface area contributed by atoms with E-state index in [0.29, 0.717) is 12.8 Å². The maximum atomic E-state index is 12.0. The van der Waals surface area contributed by atoms with E-state index in [4.69, 9.17) is 0 Å². The smallest absolute Gasteiger partial charge is 0.242 e. The number of carbonyl (C=O) groups is 2. The number of amides is 2. The topological polar surface area (TPSA) is 76.0 Å². The van der Waals surface area contributed by atoms with Gasteiger partial charge in [-0.15, -0.1) is 0 Å². The second kappa shape index (κ2) is 4.44. The lowest BCUT2D eigenvalue weighted by molar-refractivity contribution is -0.126. The molecular formula is C12H16N4O2. The van der Waals surface area contributed by atoms with Crippen LogP contribution in [0.25, 0.3) is 0 Å². The van der Waals surface area contributed by atoms with Gasteiger partial charge in [0.15, 0.2) is 0 Å². The van der Waals surface area contributed by atoms with E-state index in [2.05, 4.69) is 20.2 Å². The molecule has 0 unspecified atom stereocenters. The third kappa shape index (κ3) is 2.10. The molecule has 18 heavy (non-hydrogen) atoms. The molecule has 2 atom stereocenters. The average Bonchev–Trinajstić information content (AvgIpc) is 2.96. The molecule has 3 heterocycles. The van der Waals surface area contributed by atoms with Gasteiger partial charge in [-0.2, -0.15) is 0 Å². The molecule has 0 radical (unpaired) electrons. The Kier molecular flexibility index (Phi) is 2.77. The van der Waals surface area contributed by atoms with Crippen molar-refractivity contribution >= 4 is 11.8 Å². The average molecular weight is 248 g/mol. The number of fused-ring (bicyclic) bond motifs is 1. The van der Waals surface area contributed by atoms with Crippen molar-refractivity contribution in [2.24, 2.45) is 0 Å². The van der Waals surface area contributed by atoms with E-state index in [1.807, 2.05) is 6.20 Å². The molecule has 0 spiro atoms. The Morgan fingerprint density at radius 1 is 1.44 bits per heavy atom. The number of nitrogens with zero attached hydrogens (tertiary/aromatic N) is 2. The molecule has 0 aliphatic carbocycles. The van der Waals surface area contributed by atoms with Crippen LogP contribution >= 0.6 is 0 Å². The number of aromatic nitrogens is 2. The highest BCUT2D eigenvalue weighted by molar-refractivity contribution is 5.90. The van der Waals surface area contributed by atoms with Crippen molar-refractivity contribution in [3.05, 3.63) is 18.2 Å². The minimum absolute atomic E-state index is 0.0318. The number of imidazole rings is 1. The molecule has 2 aliphatic rings. The standard InChI is InChI=1S/C12H16N4O2/c17-11-4-2-9(15-11)12(18)14-8-1-3-10-13-5-6-16(10)7-8/h5-6,8-9H,1-4,7H2,(H,14,18)(H,15,17)/t8-,9+/m1/s1. The van der Waals surface area contributed by atoms with Gasteiger partial charge in [-0.05, 0) is 12.8 Å². The molecule has 6 heteroatoms. The highest BCUT2D eigenvalue weighted by Crippen LogP contribution is 2.14. The minimum Gasteiger partial charge on any atom is -0.350 e. The van der Waals surface area contributed by atoms with Gasteiger partial charge in [0.1, 0.15) is 11.9 Å². The Balaban J connectivity index is 1.58. The largest absolute Gasteiger partial charge is 0.350 e. The van der Waals surface area contributed by atoms with Crippen LogP contribution in [0.1, 0.15) is 25.1 Å². The summed E-state index contributed by atoms with van der Waals surface area (Å²) in [4.78, 5) is 27.3. The lowest BCUT2D eigenvalue weighted by atomic mass is 10.1. The van der Waals surface area contributed by atoms with E-state index >= 15 is 0 Å². The zero-order valence-corrected chi connectivity index (χ0v) is 10.1. The first-order valence-electron chi connectivity index (χ1n) is 6.32. The summed E-state index contributed by atoms with van der Waals surface area (Å²) in [6.45, 7) is 0.766. The fourth-order valence-electron chi connectivity index (χ4n) is 2.60. The van der Waals surface area contributed by atoms with Crippen LogP contribution in [0.15, 0.2) is 12.4 Å². The number of hydrogen-bond acceptors (Lipinski definition) is 3. The van der Waals surface area contributed by atoms with Gasteiger partial charge in [-0.25, -0.2) is 4.98 Å². The Morgan fingerprint density at radius 2 is 2.33 bits per heavy atom. The Labute approximate surface area is 105 Å². The van der Waals surface area contributed by atoms with Crippen molar-refractivity contribution < 1.29 is 9.59 Å². The molecule has 1 saturated heterocycles. The van der Waals surface area contributed by atoms with Gasteiger partial charge in [-0.3, -0.25) is 9.59 Å². The van der Waals surface area contributed by atoms with Crippen LogP contribution in [0.5, 0.6) is 0 Å². The van der Waals surface area contributed by atoms with Crippen molar-refractivity contribution in [3.8, 4) is 0 Å². The van der Waals surface area contributed by atoms with E-state index in [1.165, 1.54) is 0 Å². The molecule has 1 aromatic heterocycles. The van der Waals surface area contributed by atoms with Gasteiger partial charge in [0.25, 0.3) is 0 Å². The molecule has 2 aliphatic heterocycles. The lowest BCUT2D eigenvalue weighted by Gasteiger charge is -2.25. The van der Waals surface area contributed by atoms with E-state index in [9.17, 15) is 9.59 Å². The Hall–Kier alpha value is -1.85. The van der Waals surface area contributed by atoms with Crippen molar-refractivity contribution in [2.45, 2.75) is 44.3 Å². The second-order valence-electron chi connectivity index (χ2n) is 4.90. The summed E-state index contributed by atoms with van der Waals surface area (Å²) in [5.41, 5.74) is 0. The molecule has 6 nitrogen and oxygen atoms in total. The summed E-state index contributed by atoms with van der Waals surface area (Å²) in [6, 6.07) is -0.210. The third-order valence-electron chi connectivity index (χ3n) is 3.59. The summed E-state index contributed by atoms with van der Waals surface area (Å²) in [7, 11) is 0. The zero-order chi connectivity index (χ0) is 12.5. The van der Waals surface area contributed by atoms with E-state index in [0.717, 1.165) is 25.2 Å². The minimum atomic E-state index is -0.346. The normalized spacial score (nSPS) is 26.6. The maximum absolute atomic E-state index is 12.0. The molecular weight excluding hydrogens is 232 g/mol. The highest BCUT2D eigenvalue weighted by atomic mass is 16.2. The molecule has 2 N–H and O–H groups in total. The fourth-order valence-corrected chi connectivity index (χ4v) is 2.60. The van der Waals surface area contributed by atoms with E-state index < -0.39 is 0 Å². The number of nitrogens with one attached hydrogen (secondary N) is 2. The van der Waals surface area contributed by atoms with E-state index in [1.54, 1.807) is 6.20 Å². The number of hydrogen-bond donors (Lipinski definition) is 2. The van der Waals surface area contributed by atoms with Crippen LogP contribution < -0.4 is 10.6 Å². The summed E-state index contributed by atoms with van der Waals surface area (Å²) in [6.07, 6.45) is 6.57. The molecule has 2 amide bonds. The van der Waals surface area contributed by atoms with Crippen molar-refractivity contribution in [1.29, 1.82) is 0 Å². The number of aryl methyl sites for hydroxylation is 1.